The molecule has 4 aromatic rings. The van der Waals surface area contributed by atoms with Crippen molar-refractivity contribution in [3.63, 3.8) is 0 Å². The van der Waals surface area contributed by atoms with Gasteiger partial charge in [0.1, 0.15) is 40.2 Å². The van der Waals surface area contributed by atoms with Gasteiger partial charge in [-0.1, -0.05) is 12.1 Å². The van der Waals surface area contributed by atoms with Crippen LogP contribution in [0.5, 0.6) is 51.7 Å². The van der Waals surface area contributed by atoms with Crippen LogP contribution in [0.2, 0.25) is 0 Å². The number of fused-ring (bicyclic) bond motifs is 2. The number of benzene rings is 4. The molecule has 2 aliphatic rings. The molecule has 4 aromatic carbocycles. The zero-order valence-corrected chi connectivity index (χ0v) is 23.5. The molecule has 0 saturated heterocycles. The summed E-state index contributed by atoms with van der Waals surface area (Å²) >= 11 is 0. The van der Waals surface area contributed by atoms with Crippen LogP contribution >= 0.6 is 0 Å². The molecule has 0 aromatic heterocycles. The molecular weight excluding hydrogens is 540 g/mol. The maximum absolute atomic E-state index is 11.2. The molecule has 0 spiro atoms. The quantitative estimate of drug-likeness (QED) is 0.235. The van der Waals surface area contributed by atoms with Gasteiger partial charge in [-0.05, 0) is 41.8 Å². The smallest absolute Gasteiger partial charge is 0.164 e. The van der Waals surface area contributed by atoms with E-state index in [1.807, 2.05) is 12.1 Å². The van der Waals surface area contributed by atoms with E-state index in [-0.39, 0.29) is 35.5 Å². The first-order valence-electron chi connectivity index (χ1n) is 13.6. The normalized spacial score (nSPS) is 19.1. The van der Waals surface area contributed by atoms with Crippen LogP contribution in [0.3, 0.4) is 0 Å². The number of methoxy groups -OCH3 is 3. The molecule has 2 aliphatic heterocycles. The van der Waals surface area contributed by atoms with E-state index in [0.29, 0.717) is 47.3 Å². The molecule has 6 rings (SSSR count). The van der Waals surface area contributed by atoms with Gasteiger partial charge in [-0.3, -0.25) is 0 Å². The van der Waals surface area contributed by atoms with Gasteiger partial charge in [0.15, 0.2) is 11.5 Å². The maximum Gasteiger partial charge on any atom is 0.164 e. The Morgan fingerprint density at radius 2 is 1.29 bits per heavy atom. The fourth-order valence-electron chi connectivity index (χ4n) is 6.24. The number of rotatable bonds is 6. The zero-order chi connectivity index (χ0) is 29.5. The van der Waals surface area contributed by atoms with Crippen molar-refractivity contribution in [3.8, 4) is 51.7 Å². The molecule has 0 aliphatic carbocycles. The summed E-state index contributed by atoms with van der Waals surface area (Å²) < 4.78 is 29.1. The fraction of sp³-hybridized carbons (Fsp3) is 0.273. The number of hydrogen-bond acceptors (Lipinski definition) is 9. The number of ether oxygens (including phenoxy) is 5. The van der Waals surface area contributed by atoms with Crippen molar-refractivity contribution in [2.24, 2.45) is 0 Å². The lowest BCUT2D eigenvalue weighted by atomic mass is 9.71. The minimum atomic E-state index is -0.426. The van der Waals surface area contributed by atoms with Crippen LogP contribution in [-0.4, -0.2) is 55.0 Å². The van der Waals surface area contributed by atoms with Gasteiger partial charge in [-0.2, -0.15) is 0 Å². The summed E-state index contributed by atoms with van der Waals surface area (Å²) in [7, 11) is 4.59. The molecule has 0 radical (unpaired) electrons. The van der Waals surface area contributed by atoms with Crippen molar-refractivity contribution in [2.75, 3.05) is 34.5 Å². The average molecular weight is 573 g/mol. The minimum absolute atomic E-state index is 0.0162. The molecule has 0 bridgehead atoms. The van der Waals surface area contributed by atoms with Crippen molar-refractivity contribution >= 4 is 0 Å². The van der Waals surface area contributed by atoms with Gasteiger partial charge >= 0.3 is 0 Å². The number of aromatic hydroxyl groups is 4. The standard InChI is InChI=1S/C33H32O9/c1-38-29-13-24(26(37)14-30(29)39-2)25-16-42-28-11-20(35)6-7-22(28)32(25)33-23(9-21(36)12-31(33)40-3)18-8-17-4-5-19(34)10-27(17)41-15-18/h4-7,9-14,18,25,32,34-37H,8,15-16H2,1-3H3/t18-,25-,32+/m0/s1. The van der Waals surface area contributed by atoms with Gasteiger partial charge in [-0.25, -0.2) is 0 Å². The second kappa shape index (κ2) is 10.8. The van der Waals surface area contributed by atoms with E-state index in [9.17, 15) is 20.4 Å². The monoisotopic (exact) mass is 572 g/mol. The van der Waals surface area contributed by atoms with Crippen molar-refractivity contribution in [1.82, 2.24) is 0 Å². The summed E-state index contributed by atoms with van der Waals surface area (Å²) in [6, 6.07) is 16.6. The van der Waals surface area contributed by atoms with Crippen LogP contribution in [0.15, 0.2) is 60.7 Å². The summed E-state index contributed by atoms with van der Waals surface area (Å²) in [4.78, 5) is 0. The third-order valence-corrected chi connectivity index (χ3v) is 8.17. The third-order valence-electron chi connectivity index (χ3n) is 8.17. The Morgan fingerprint density at radius 3 is 2.02 bits per heavy atom. The molecule has 0 unspecified atom stereocenters. The highest BCUT2D eigenvalue weighted by molar-refractivity contribution is 5.61. The van der Waals surface area contributed by atoms with Gasteiger partial charge in [0.2, 0.25) is 0 Å². The second-order valence-electron chi connectivity index (χ2n) is 10.5. The molecule has 218 valence electrons. The van der Waals surface area contributed by atoms with Crippen LogP contribution < -0.4 is 23.7 Å². The van der Waals surface area contributed by atoms with Crippen LogP contribution in [-0.2, 0) is 6.42 Å². The van der Waals surface area contributed by atoms with Crippen molar-refractivity contribution in [3.05, 3.63) is 88.5 Å². The molecule has 2 heterocycles. The lowest BCUT2D eigenvalue weighted by molar-refractivity contribution is 0.239. The SMILES string of the molecule is COc1cc(O)c([C@@H]2COc3cc(O)ccc3[C@H]2c2c(OC)cc(O)cc2[C@@H]2COc3cc(O)ccc3C2)cc1OC. The molecule has 3 atom stereocenters. The Labute approximate surface area is 243 Å². The highest BCUT2D eigenvalue weighted by Gasteiger charge is 2.40. The third kappa shape index (κ3) is 4.70. The highest BCUT2D eigenvalue weighted by Crippen LogP contribution is 2.54. The van der Waals surface area contributed by atoms with Crippen molar-refractivity contribution < 1.29 is 44.1 Å². The molecule has 0 fully saturated rings. The summed E-state index contributed by atoms with van der Waals surface area (Å²) in [5.41, 5.74) is 3.93. The number of phenolic OH excluding ortho intramolecular Hbond substituents is 4. The topological polar surface area (TPSA) is 127 Å². The van der Waals surface area contributed by atoms with E-state index >= 15 is 0 Å². The maximum atomic E-state index is 11.2. The van der Waals surface area contributed by atoms with Gasteiger partial charge in [-0.15, -0.1) is 0 Å². The Bertz CT molecular complexity index is 1650. The summed E-state index contributed by atoms with van der Waals surface area (Å²) in [6.07, 6.45) is 0.604. The minimum Gasteiger partial charge on any atom is -0.508 e. The predicted molar refractivity (Wildman–Crippen MR) is 154 cm³/mol. The van der Waals surface area contributed by atoms with E-state index in [0.717, 1.165) is 22.3 Å². The van der Waals surface area contributed by atoms with Crippen molar-refractivity contribution in [1.29, 1.82) is 0 Å². The molecule has 9 heteroatoms. The highest BCUT2D eigenvalue weighted by atomic mass is 16.5. The number of hydrogen-bond donors (Lipinski definition) is 4. The first kappa shape index (κ1) is 27.3. The first-order chi connectivity index (χ1) is 20.3. The van der Waals surface area contributed by atoms with E-state index in [1.54, 1.807) is 49.6 Å². The molecule has 0 amide bonds. The van der Waals surface area contributed by atoms with Gasteiger partial charge in [0.05, 0.1) is 34.5 Å². The molecule has 4 N–H and O–H groups in total. The lowest BCUT2D eigenvalue weighted by Gasteiger charge is -2.38. The lowest BCUT2D eigenvalue weighted by Crippen LogP contribution is -2.28. The Morgan fingerprint density at radius 1 is 0.619 bits per heavy atom. The Balaban J connectivity index is 1.57. The van der Waals surface area contributed by atoms with Crippen molar-refractivity contribution in [2.45, 2.75) is 24.2 Å². The van der Waals surface area contributed by atoms with Gasteiger partial charge in [0, 0.05) is 58.7 Å². The summed E-state index contributed by atoms with van der Waals surface area (Å²) in [5, 5.41) is 42.2. The summed E-state index contributed by atoms with van der Waals surface area (Å²) in [5.74, 6) is 1.70. The van der Waals surface area contributed by atoms with Gasteiger partial charge < -0.3 is 44.1 Å². The van der Waals surface area contributed by atoms with E-state index in [4.69, 9.17) is 23.7 Å². The van der Waals surface area contributed by atoms with E-state index in [1.165, 1.54) is 20.3 Å². The van der Waals surface area contributed by atoms with Crippen LogP contribution in [0.1, 0.15) is 45.6 Å². The molecular formula is C33H32O9. The van der Waals surface area contributed by atoms with Crippen LogP contribution in [0.4, 0.5) is 0 Å². The second-order valence-corrected chi connectivity index (χ2v) is 10.5. The van der Waals surface area contributed by atoms with Crippen LogP contribution in [0.25, 0.3) is 0 Å². The molecule has 0 saturated carbocycles. The van der Waals surface area contributed by atoms with Gasteiger partial charge in [0.25, 0.3) is 0 Å². The van der Waals surface area contributed by atoms with Crippen LogP contribution in [0, 0.1) is 0 Å². The Kier molecular flexibility index (Phi) is 7.02. The zero-order valence-electron chi connectivity index (χ0n) is 23.5. The van der Waals surface area contributed by atoms with E-state index < -0.39 is 11.8 Å². The largest absolute Gasteiger partial charge is 0.508 e. The fourth-order valence-corrected chi connectivity index (χ4v) is 6.24. The Hall–Kier alpha value is -4.92. The number of phenols is 4. The average Bonchev–Trinajstić information content (AvgIpc) is 2.99. The molecule has 42 heavy (non-hydrogen) atoms. The molecule has 9 nitrogen and oxygen atoms in total. The predicted octanol–water partition coefficient (Wildman–Crippen LogP) is 5.56. The summed E-state index contributed by atoms with van der Waals surface area (Å²) in [6.45, 7) is 0.491. The first-order valence-corrected chi connectivity index (χ1v) is 13.6. The van der Waals surface area contributed by atoms with E-state index in [2.05, 4.69) is 0 Å².